The molecule has 20 heavy (non-hydrogen) atoms. The van der Waals surface area contributed by atoms with Gasteiger partial charge < -0.3 is 14.8 Å². The molecule has 4 heteroatoms. The highest BCUT2D eigenvalue weighted by molar-refractivity contribution is 6.31. The molecule has 1 aliphatic rings. The van der Waals surface area contributed by atoms with Crippen molar-refractivity contribution in [1.82, 2.24) is 14.8 Å². The highest BCUT2D eigenvalue weighted by atomic mass is 35.5. The van der Waals surface area contributed by atoms with Crippen molar-refractivity contribution in [3.63, 3.8) is 0 Å². The summed E-state index contributed by atoms with van der Waals surface area (Å²) in [7, 11) is 2.10. The van der Waals surface area contributed by atoms with Crippen LogP contribution in [0.1, 0.15) is 12.0 Å². The van der Waals surface area contributed by atoms with Crippen LogP contribution >= 0.6 is 11.6 Å². The third-order valence-corrected chi connectivity index (χ3v) is 4.40. The van der Waals surface area contributed by atoms with E-state index >= 15 is 0 Å². The lowest BCUT2D eigenvalue weighted by Gasteiger charge is -2.26. The lowest BCUT2D eigenvalue weighted by Crippen LogP contribution is -2.43. The van der Waals surface area contributed by atoms with Crippen LogP contribution in [-0.4, -0.2) is 42.2 Å². The summed E-state index contributed by atoms with van der Waals surface area (Å²) in [5, 5.41) is 5.55. The molecule has 0 unspecified atom stereocenters. The Morgan fingerprint density at radius 1 is 1.25 bits per heavy atom. The quantitative estimate of drug-likeness (QED) is 0.935. The molecule has 0 amide bonds. The Balaban J connectivity index is 1.65. The summed E-state index contributed by atoms with van der Waals surface area (Å²) < 4.78 is 2.18. The zero-order chi connectivity index (χ0) is 13.9. The molecule has 0 atom stereocenters. The number of nitrogens with zero attached hydrogens (tertiary/aromatic N) is 2. The fourth-order valence-electron chi connectivity index (χ4n) is 3.07. The summed E-state index contributed by atoms with van der Waals surface area (Å²) >= 11 is 6.08. The summed E-state index contributed by atoms with van der Waals surface area (Å²) in [6.07, 6.45) is 4.61. The number of aromatic nitrogens is 1. The van der Waals surface area contributed by atoms with Crippen LogP contribution in [0.3, 0.4) is 0 Å². The zero-order valence-electron chi connectivity index (χ0n) is 12.0. The molecule has 1 fully saturated rings. The average molecular weight is 292 g/mol. The minimum Gasteiger partial charge on any atom is -0.350 e. The van der Waals surface area contributed by atoms with Gasteiger partial charge in [-0.15, -0.1) is 0 Å². The third-order valence-electron chi connectivity index (χ3n) is 4.17. The molecule has 108 valence electrons. The Morgan fingerprint density at radius 3 is 2.85 bits per heavy atom. The van der Waals surface area contributed by atoms with Crippen LogP contribution in [0.2, 0.25) is 5.02 Å². The Hall–Kier alpha value is -1.03. The normalized spacial score (nSPS) is 16.9. The Bertz CT molecular complexity index is 585. The molecule has 0 aliphatic carbocycles. The van der Waals surface area contributed by atoms with Crippen LogP contribution in [-0.2, 0) is 13.5 Å². The molecule has 1 N–H and O–H groups in total. The molecule has 1 saturated heterocycles. The van der Waals surface area contributed by atoms with Gasteiger partial charge in [-0.25, -0.2) is 0 Å². The highest BCUT2D eigenvalue weighted by Crippen LogP contribution is 2.25. The van der Waals surface area contributed by atoms with Crippen LogP contribution in [0.5, 0.6) is 0 Å². The Labute approximate surface area is 125 Å². The summed E-state index contributed by atoms with van der Waals surface area (Å²) in [5.74, 6) is 0. The van der Waals surface area contributed by atoms with Crippen LogP contribution < -0.4 is 5.32 Å². The summed E-state index contributed by atoms with van der Waals surface area (Å²) in [6.45, 7) is 5.83. The van der Waals surface area contributed by atoms with E-state index in [9.17, 15) is 0 Å². The molecule has 2 aromatic rings. The van der Waals surface area contributed by atoms with E-state index in [0.717, 1.165) is 24.5 Å². The first-order chi connectivity index (χ1) is 9.74. The van der Waals surface area contributed by atoms with Crippen molar-refractivity contribution in [3.05, 3.63) is 35.0 Å². The number of piperazine rings is 1. The first-order valence-corrected chi connectivity index (χ1v) is 7.78. The van der Waals surface area contributed by atoms with Gasteiger partial charge in [0, 0.05) is 55.3 Å². The van der Waals surface area contributed by atoms with Gasteiger partial charge in [0.2, 0.25) is 0 Å². The van der Waals surface area contributed by atoms with Crippen LogP contribution in [0, 0.1) is 0 Å². The van der Waals surface area contributed by atoms with Gasteiger partial charge in [-0.1, -0.05) is 17.7 Å². The van der Waals surface area contributed by atoms with E-state index < -0.39 is 0 Å². The van der Waals surface area contributed by atoms with E-state index in [0.29, 0.717) is 0 Å². The van der Waals surface area contributed by atoms with E-state index in [-0.39, 0.29) is 0 Å². The standard InChI is InChI=1S/C16H22ClN3/c1-19-12-13(15-5-4-14(17)11-16(15)19)3-2-8-20-9-6-18-7-10-20/h4-5,11-12,18H,2-3,6-10H2,1H3. The largest absolute Gasteiger partial charge is 0.350 e. The van der Waals surface area contributed by atoms with Gasteiger partial charge >= 0.3 is 0 Å². The number of fused-ring (bicyclic) bond motifs is 1. The summed E-state index contributed by atoms with van der Waals surface area (Å²) in [4.78, 5) is 2.55. The van der Waals surface area contributed by atoms with E-state index in [1.165, 1.54) is 42.5 Å². The second-order valence-corrected chi connectivity index (χ2v) is 6.06. The topological polar surface area (TPSA) is 20.2 Å². The number of benzene rings is 1. The second kappa shape index (κ2) is 6.17. The molecule has 3 nitrogen and oxygen atoms in total. The smallest absolute Gasteiger partial charge is 0.0495 e. The van der Waals surface area contributed by atoms with Gasteiger partial charge in [-0.2, -0.15) is 0 Å². The van der Waals surface area contributed by atoms with Crippen molar-refractivity contribution < 1.29 is 0 Å². The van der Waals surface area contributed by atoms with Crippen molar-refractivity contribution in [2.24, 2.45) is 7.05 Å². The fourth-order valence-corrected chi connectivity index (χ4v) is 3.23. The van der Waals surface area contributed by atoms with Crippen LogP contribution in [0.25, 0.3) is 10.9 Å². The number of hydrogen-bond acceptors (Lipinski definition) is 2. The van der Waals surface area contributed by atoms with Crippen molar-refractivity contribution in [2.45, 2.75) is 12.8 Å². The molecule has 0 saturated carbocycles. The predicted octanol–water partition coefficient (Wildman–Crippen LogP) is 2.67. The molecule has 1 aromatic carbocycles. The SMILES string of the molecule is Cn1cc(CCCN2CCNCC2)c2ccc(Cl)cc21. The number of aryl methyl sites for hydroxylation is 2. The van der Waals surface area contributed by atoms with E-state index in [2.05, 4.69) is 40.2 Å². The van der Waals surface area contributed by atoms with E-state index in [4.69, 9.17) is 11.6 Å². The molecule has 3 rings (SSSR count). The molecule has 1 aromatic heterocycles. The van der Waals surface area contributed by atoms with Crippen molar-refractivity contribution >= 4 is 22.5 Å². The van der Waals surface area contributed by atoms with Gasteiger partial charge in [0.15, 0.2) is 0 Å². The minimum atomic E-state index is 0.811. The Morgan fingerprint density at radius 2 is 2.05 bits per heavy atom. The van der Waals surface area contributed by atoms with Gasteiger partial charge in [-0.05, 0) is 37.1 Å². The van der Waals surface area contributed by atoms with Gasteiger partial charge in [0.1, 0.15) is 0 Å². The van der Waals surface area contributed by atoms with Gasteiger partial charge in [0.05, 0.1) is 0 Å². The summed E-state index contributed by atoms with van der Waals surface area (Å²) in [6, 6.07) is 6.19. The first-order valence-electron chi connectivity index (χ1n) is 7.40. The lowest BCUT2D eigenvalue weighted by molar-refractivity contribution is 0.238. The number of rotatable bonds is 4. The maximum atomic E-state index is 6.08. The predicted molar refractivity (Wildman–Crippen MR) is 85.6 cm³/mol. The lowest BCUT2D eigenvalue weighted by atomic mass is 10.1. The van der Waals surface area contributed by atoms with Crippen molar-refractivity contribution in [1.29, 1.82) is 0 Å². The molecule has 2 heterocycles. The van der Waals surface area contributed by atoms with Crippen molar-refractivity contribution in [2.75, 3.05) is 32.7 Å². The van der Waals surface area contributed by atoms with Gasteiger partial charge in [-0.3, -0.25) is 0 Å². The average Bonchev–Trinajstić information content (AvgIpc) is 2.76. The molecular weight excluding hydrogens is 270 g/mol. The number of nitrogens with one attached hydrogen (secondary N) is 1. The molecular formula is C16H22ClN3. The molecule has 0 radical (unpaired) electrons. The van der Waals surface area contributed by atoms with Crippen molar-refractivity contribution in [3.8, 4) is 0 Å². The van der Waals surface area contributed by atoms with Gasteiger partial charge in [0.25, 0.3) is 0 Å². The monoisotopic (exact) mass is 291 g/mol. The van der Waals surface area contributed by atoms with E-state index in [1.54, 1.807) is 0 Å². The minimum absolute atomic E-state index is 0.811. The second-order valence-electron chi connectivity index (χ2n) is 5.62. The highest BCUT2D eigenvalue weighted by Gasteiger charge is 2.10. The molecule has 1 aliphatic heterocycles. The third kappa shape index (κ3) is 3.00. The molecule has 0 spiro atoms. The number of hydrogen-bond donors (Lipinski definition) is 1. The number of halogens is 1. The molecule has 0 bridgehead atoms. The zero-order valence-corrected chi connectivity index (χ0v) is 12.8. The Kier molecular flexibility index (Phi) is 4.29. The van der Waals surface area contributed by atoms with E-state index in [1.807, 2.05) is 6.07 Å². The fraction of sp³-hybridized carbons (Fsp3) is 0.500. The first kappa shape index (κ1) is 13.9. The maximum absolute atomic E-state index is 6.08. The maximum Gasteiger partial charge on any atom is 0.0495 e. The van der Waals surface area contributed by atoms with Crippen LogP contribution in [0.15, 0.2) is 24.4 Å². The van der Waals surface area contributed by atoms with Crippen LogP contribution in [0.4, 0.5) is 0 Å². The summed E-state index contributed by atoms with van der Waals surface area (Å²) in [5.41, 5.74) is 2.67.